The van der Waals surface area contributed by atoms with Gasteiger partial charge >= 0.3 is 6.09 Å². The summed E-state index contributed by atoms with van der Waals surface area (Å²) in [5.41, 5.74) is -0.490. The quantitative estimate of drug-likeness (QED) is 0.774. The van der Waals surface area contributed by atoms with Gasteiger partial charge in [0.25, 0.3) is 0 Å². The summed E-state index contributed by atoms with van der Waals surface area (Å²) in [5, 5.41) is 5.71. The Labute approximate surface area is 119 Å². The molecule has 20 heavy (non-hydrogen) atoms. The molecule has 7 heteroatoms. The normalized spacial score (nSPS) is 10.8. The monoisotopic (exact) mass is 282 g/mol. The number of ether oxygens (including phenoxy) is 2. The molecule has 112 valence electrons. The molecule has 0 fully saturated rings. The number of carbonyl (C=O) groups is 1. The third-order valence-corrected chi connectivity index (χ3v) is 2.03. The van der Waals surface area contributed by atoms with Gasteiger partial charge in [0.1, 0.15) is 17.7 Å². The van der Waals surface area contributed by atoms with Crippen molar-refractivity contribution in [1.29, 1.82) is 0 Å². The number of hydrogen-bond acceptors (Lipinski definition) is 6. The molecule has 0 aliphatic rings. The van der Waals surface area contributed by atoms with E-state index in [9.17, 15) is 4.79 Å². The van der Waals surface area contributed by atoms with Gasteiger partial charge in [0.2, 0.25) is 5.88 Å². The zero-order valence-electron chi connectivity index (χ0n) is 12.4. The van der Waals surface area contributed by atoms with E-state index in [2.05, 4.69) is 20.6 Å². The van der Waals surface area contributed by atoms with Gasteiger partial charge in [0.05, 0.1) is 6.61 Å². The Hall–Kier alpha value is -2.05. The van der Waals surface area contributed by atoms with Crippen molar-refractivity contribution in [1.82, 2.24) is 15.3 Å². The van der Waals surface area contributed by atoms with Gasteiger partial charge in [-0.25, -0.2) is 14.8 Å². The fourth-order valence-electron chi connectivity index (χ4n) is 1.33. The molecule has 0 spiro atoms. The molecule has 0 aromatic carbocycles. The number of anilines is 1. The van der Waals surface area contributed by atoms with Crippen LogP contribution in [0.3, 0.4) is 0 Å². The Kier molecular flexibility index (Phi) is 6.02. The van der Waals surface area contributed by atoms with Crippen LogP contribution in [0.1, 0.15) is 27.7 Å². The maximum Gasteiger partial charge on any atom is 0.407 e. The van der Waals surface area contributed by atoms with Gasteiger partial charge in [-0.1, -0.05) is 0 Å². The Morgan fingerprint density at radius 3 is 2.70 bits per heavy atom. The third kappa shape index (κ3) is 6.77. The molecule has 0 radical (unpaired) electrons. The highest BCUT2D eigenvalue weighted by molar-refractivity contribution is 5.67. The summed E-state index contributed by atoms with van der Waals surface area (Å²) in [7, 11) is 0. The summed E-state index contributed by atoms with van der Waals surface area (Å²) in [4.78, 5) is 19.4. The van der Waals surface area contributed by atoms with Crippen molar-refractivity contribution >= 4 is 11.9 Å². The minimum atomic E-state index is -0.490. The van der Waals surface area contributed by atoms with E-state index >= 15 is 0 Å². The summed E-state index contributed by atoms with van der Waals surface area (Å²) in [6.45, 7) is 8.87. The van der Waals surface area contributed by atoms with Gasteiger partial charge in [-0.2, -0.15) is 0 Å². The summed E-state index contributed by atoms with van der Waals surface area (Å²) < 4.78 is 10.4. The molecule has 0 aliphatic carbocycles. The third-order valence-electron chi connectivity index (χ3n) is 2.03. The van der Waals surface area contributed by atoms with Crippen LogP contribution in [0.15, 0.2) is 12.4 Å². The van der Waals surface area contributed by atoms with E-state index in [0.717, 1.165) is 0 Å². The lowest BCUT2D eigenvalue weighted by atomic mass is 10.2. The number of hydrogen-bond donors (Lipinski definition) is 2. The lowest BCUT2D eigenvalue weighted by molar-refractivity contribution is 0.0530. The first kappa shape index (κ1) is 16.0. The number of aromatic nitrogens is 2. The Morgan fingerprint density at radius 1 is 1.30 bits per heavy atom. The van der Waals surface area contributed by atoms with Crippen LogP contribution in [-0.2, 0) is 4.74 Å². The molecule has 0 bridgehead atoms. The minimum Gasteiger partial charge on any atom is -0.478 e. The number of nitrogens with zero attached hydrogens (tertiary/aromatic N) is 2. The molecule has 0 saturated heterocycles. The van der Waals surface area contributed by atoms with Gasteiger partial charge in [0, 0.05) is 19.2 Å². The first-order valence-corrected chi connectivity index (χ1v) is 6.56. The van der Waals surface area contributed by atoms with E-state index in [4.69, 9.17) is 9.47 Å². The van der Waals surface area contributed by atoms with Crippen LogP contribution >= 0.6 is 0 Å². The van der Waals surface area contributed by atoms with Gasteiger partial charge in [-0.3, -0.25) is 0 Å². The molecule has 0 atom stereocenters. The molecule has 0 aliphatic heterocycles. The van der Waals surface area contributed by atoms with Crippen molar-refractivity contribution in [2.75, 3.05) is 25.0 Å². The SMILES string of the molecule is CCOc1cc(NCCNC(=O)OC(C)(C)C)ncn1. The molecule has 1 rings (SSSR count). The van der Waals surface area contributed by atoms with Gasteiger partial charge < -0.3 is 20.1 Å². The molecule has 2 N–H and O–H groups in total. The number of amides is 1. The van der Waals surface area contributed by atoms with Crippen LogP contribution in [0.2, 0.25) is 0 Å². The largest absolute Gasteiger partial charge is 0.478 e. The average molecular weight is 282 g/mol. The molecular weight excluding hydrogens is 260 g/mol. The van der Waals surface area contributed by atoms with Crippen molar-refractivity contribution in [3.05, 3.63) is 12.4 Å². The summed E-state index contributed by atoms with van der Waals surface area (Å²) in [5.74, 6) is 1.17. The summed E-state index contributed by atoms with van der Waals surface area (Å²) in [6.07, 6.45) is 0.992. The zero-order valence-corrected chi connectivity index (χ0v) is 12.4. The van der Waals surface area contributed by atoms with Gasteiger partial charge in [0.15, 0.2) is 0 Å². The second-order valence-electron chi connectivity index (χ2n) is 5.03. The minimum absolute atomic E-state index is 0.433. The van der Waals surface area contributed by atoms with Crippen LogP contribution in [0.25, 0.3) is 0 Å². The van der Waals surface area contributed by atoms with Crippen molar-refractivity contribution in [3.63, 3.8) is 0 Å². The summed E-state index contributed by atoms with van der Waals surface area (Å²) >= 11 is 0. The van der Waals surface area contributed by atoms with E-state index in [1.54, 1.807) is 6.07 Å². The lowest BCUT2D eigenvalue weighted by Crippen LogP contribution is -2.35. The highest BCUT2D eigenvalue weighted by Gasteiger charge is 2.15. The molecule has 1 heterocycles. The van der Waals surface area contributed by atoms with Crippen LogP contribution in [0.5, 0.6) is 5.88 Å². The fourth-order valence-corrected chi connectivity index (χ4v) is 1.33. The second-order valence-corrected chi connectivity index (χ2v) is 5.03. The summed E-state index contributed by atoms with van der Waals surface area (Å²) in [6, 6.07) is 1.71. The maximum absolute atomic E-state index is 11.4. The van der Waals surface area contributed by atoms with Crippen molar-refractivity contribution < 1.29 is 14.3 Å². The van der Waals surface area contributed by atoms with Crippen molar-refractivity contribution in [2.45, 2.75) is 33.3 Å². The first-order valence-electron chi connectivity index (χ1n) is 6.56. The van der Waals surface area contributed by atoms with Crippen LogP contribution < -0.4 is 15.4 Å². The van der Waals surface area contributed by atoms with E-state index < -0.39 is 11.7 Å². The first-order chi connectivity index (χ1) is 9.40. The number of nitrogens with one attached hydrogen (secondary N) is 2. The number of rotatable bonds is 6. The predicted molar refractivity (Wildman–Crippen MR) is 75.9 cm³/mol. The Balaban J connectivity index is 2.27. The zero-order chi connectivity index (χ0) is 15.0. The lowest BCUT2D eigenvalue weighted by Gasteiger charge is -2.19. The number of alkyl carbamates (subject to hydrolysis) is 1. The van der Waals surface area contributed by atoms with E-state index in [1.165, 1.54) is 6.33 Å². The van der Waals surface area contributed by atoms with E-state index in [1.807, 2.05) is 27.7 Å². The second kappa shape index (κ2) is 7.52. The van der Waals surface area contributed by atoms with Gasteiger partial charge in [-0.15, -0.1) is 0 Å². The molecule has 7 nitrogen and oxygen atoms in total. The molecule has 1 aromatic rings. The van der Waals surface area contributed by atoms with Crippen molar-refractivity contribution in [2.24, 2.45) is 0 Å². The van der Waals surface area contributed by atoms with Gasteiger partial charge in [-0.05, 0) is 27.7 Å². The van der Waals surface area contributed by atoms with E-state index in [-0.39, 0.29) is 0 Å². The highest BCUT2D eigenvalue weighted by Crippen LogP contribution is 2.10. The van der Waals surface area contributed by atoms with E-state index in [0.29, 0.717) is 31.4 Å². The average Bonchev–Trinajstić information content (AvgIpc) is 2.33. The van der Waals surface area contributed by atoms with Crippen LogP contribution in [0, 0.1) is 0 Å². The molecular formula is C13H22N4O3. The van der Waals surface area contributed by atoms with Crippen LogP contribution in [-0.4, -0.2) is 41.4 Å². The molecule has 1 aromatic heterocycles. The topological polar surface area (TPSA) is 85.4 Å². The Bertz CT molecular complexity index is 432. The number of carbonyl (C=O) groups excluding carboxylic acids is 1. The molecule has 0 unspecified atom stereocenters. The molecule has 1 amide bonds. The Morgan fingerprint density at radius 2 is 2.05 bits per heavy atom. The maximum atomic E-state index is 11.4. The predicted octanol–water partition coefficient (Wildman–Crippen LogP) is 1.81. The van der Waals surface area contributed by atoms with Crippen LogP contribution in [0.4, 0.5) is 10.6 Å². The van der Waals surface area contributed by atoms with Crippen molar-refractivity contribution in [3.8, 4) is 5.88 Å². The smallest absolute Gasteiger partial charge is 0.407 e. The standard InChI is InChI=1S/C13H22N4O3/c1-5-19-11-8-10(16-9-17-11)14-6-7-15-12(18)20-13(2,3)4/h8-9H,5-7H2,1-4H3,(H,15,18)(H,14,16,17). The fraction of sp³-hybridized carbons (Fsp3) is 0.615. The molecule has 0 saturated carbocycles. The highest BCUT2D eigenvalue weighted by atomic mass is 16.6.